The zero-order chi connectivity index (χ0) is 13.0. The van der Waals surface area contributed by atoms with Crippen LogP contribution in [0.1, 0.15) is 11.1 Å². The molecule has 18 heavy (non-hydrogen) atoms. The summed E-state index contributed by atoms with van der Waals surface area (Å²) in [6.07, 6.45) is 3.74. The molecule has 0 unspecified atom stereocenters. The molecule has 2 rings (SSSR count). The lowest BCUT2D eigenvalue weighted by Gasteiger charge is -2.10. The van der Waals surface area contributed by atoms with Crippen molar-refractivity contribution in [3.8, 4) is 0 Å². The maximum absolute atomic E-state index is 3.77. The standard InChI is InChI=1S/C17H17B/c1-4-14-6-10-16(11-7-14)18(3)17-12-8-15(5-2)9-13-17/h4-13H,1-2H2,3H3. The van der Waals surface area contributed by atoms with E-state index in [0.29, 0.717) is 6.71 Å². The highest BCUT2D eigenvalue weighted by atomic mass is 13.9. The van der Waals surface area contributed by atoms with Gasteiger partial charge in [-0.1, -0.05) is 91.6 Å². The van der Waals surface area contributed by atoms with Crippen molar-refractivity contribution in [2.45, 2.75) is 6.82 Å². The summed E-state index contributed by atoms with van der Waals surface area (Å²) in [5, 5.41) is 0. The molecule has 0 aliphatic carbocycles. The van der Waals surface area contributed by atoms with Gasteiger partial charge in [0.1, 0.15) is 0 Å². The second-order valence-corrected chi connectivity index (χ2v) is 4.46. The van der Waals surface area contributed by atoms with Crippen LogP contribution in [0.5, 0.6) is 0 Å². The second-order valence-electron chi connectivity index (χ2n) is 4.46. The van der Waals surface area contributed by atoms with E-state index in [1.807, 2.05) is 12.2 Å². The molecule has 2 aromatic rings. The lowest BCUT2D eigenvalue weighted by atomic mass is 9.42. The third kappa shape index (κ3) is 2.62. The molecule has 88 valence electrons. The minimum atomic E-state index is 0.405. The topological polar surface area (TPSA) is 0 Å². The van der Waals surface area contributed by atoms with Crippen LogP contribution < -0.4 is 10.9 Å². The Labute approximate surface area is 110 Å². The molecule has 0 radical (unpaired) electrons. The van der Waals surface area contributed by atoms with Gasteiger partial charge in [0.25, 0.3) is 0 Å². The molecule has 0 fully saturated rings. The zero-order valence-corrected chi connectivity index (χ0v) is 10.8. The highest BCUT2D eigenvalue weighted by molar-refractivity contribution is 6.84. The average Bonchev–Trinajstić information content (AvgIpc) is 2.47. The monoisotopic (exact) mass is 232 g/mol. The van der Waals surface area contributed by atoms with Gasteiger partial charge in [0, 0.05) is 0 Å². The Kier molecular flexibility index (Phi) is 3.83. The van der Waals surface area contributed by atoms with Gasteiger partial charge < -0.3 is 0 Å². The molecule has 0 bridgehead atoms. The smallest absolute Gasteiger partial charge is 0.0985 e. The van der Waals surface area contributed by atoms with E-state index < -0.39 is 0 Å². The molecule has 0 saturated heterocycles. The van der Waals surface area contributed by atoms with E-state index in [0.717, 1.165) is 11.1 Å². The van der Waals surface area contributed by atoms with Crippen LogP contribution in [0.2, 0.25) is 6.82 Å². The van der Waals surface area contributed by atoms with Crippen LogP contribution >= 0.6 is 0 Å². The highest BCUT2D eigenvalue weighted by Gasteiger charge is 2.12. The van der Waals surface area contributed by atoms with E-state index in [1.165, 1.54) is 10.9 Å². The minimum Gasteiger partial charge on any atom is -0.0985 e. The van der Waals surface area contributed by atoms with Gasteiger partial charge in [-0.3, -0.25) is 0 Å². The second kappa shape index (κ2) is 5.55. The van der Waals surface area contributed by atoms with Crippen LogP contribution in [0, 0.1) is 0 Å². The molecule has 0 aliphatic rings. The summed E-state index contributed by atoms with van der Waals surface area (Å²) in [7, 11) is 0. The number of hydrogen-bond acceptors (Lipinski definition) is 0. The molecule has 0 saturated carbocycles. The van der Waals surface area contributed by atoms with Gasteiger partial charge >= 0.3 is 0 Å². The molecule has 0 spiro atoms. The molecule has 0 heterocycles. The third-order valence-corrected chi connectivity index (χ3v) is 3.34. The van der Waals surface area contributed by atoms with Gasteiger partial charge in [-0.2, -0.15) is 0 Å². The fraction of sp³-hybridized carbons (Fsp3) is 0.0588. The van der Waals surface area contributed by atoms with Gasteiger partial charge in [-0.25, -0.2) is 0 Å². The molecule has 2 aromatic carbocycles. The molecule has 0 aliphatic heterocycles. The summed E-state index contributed by atoms with van der Waals surface area (Å²) in [6.45, 7) is 10.2. The Morgan fingerprint density at radius 1 is 0.722 bits per heavy atom. The fourth-order valence-corrected chi connectivity index (χ4v) is 2.03. The molecule has 0 amide bonds. The van der Waals surface area contributed by atoms with Crippen LogP contribution in [0.25, 0.3) is 12.2 Å². The Hall–Kier alpha value is -2.02. The van der Waals surface area contributed by atoms with Gasteiger partial charge in [-0.15, -0.1) is 0 Å². The Balaban J connectivity index is 2.25. The maximum atomic E-state index is 3.77. The van der Waals surface area contributed by atoms with Crippen molar-refractivity contribution in [3.63, 3.8) is 0 Å². The SMILES string of the molecule is C=Cc1ccc(B(C)c2ccc(C=C)cc2)cc1. The first-order valence-corrected chi connectivity index (χ1v) is 6.19. The van der Waals surface area contributed by atoms with Crippen LogP contribution in [0.15, 0.2) is 61.7 Å². The molecular weight excluding hydrogens is 215 g/mol. The van der Waals surface area contributed by atoms with E-state index in [2.05, 4.69) is 68.5 Å². The Morgan fingerprint density at radius 2 is 1.06 bits per heavy atom. The van der Waals surface area contributed by atoms with Crippen molar-refractivity contribution in [1.29, 1.82) is 0 Å². The highest BCUT2D eigenvalue weighted by Crippen LogP contribution is 2.02. The predicted octanol–water partition coefficient (Wildman–Crippen LogP) is 3.21. The minimum absolute atomic E-state index is 0.405. The van der Waals surface area contributed by atoms with Gasteiger partial charge in [0.15, 0.2) is 0 Å². The lowest BCUT2D eigenvalue weighted by Crippen LogP contribution is -2.38. The number of benzene rings is 2. The summed E-state index contributed by atoms with van der Waals surface area (Å²) >= 11 is 0. The van der Waals surface area contributed by atoms with Gasteiger partial charge in [-0.05, 0) is 11.1 Å². The van der Waals surface area contributed by atoms with E-state index in [-0.39, 0.29) is 0 Å². The van der Waals surface area contributed by atoms with Gasteiger partial charge in [0.2, 0.25) is 6.71 Å². The van der Waals surface area contributed by atoms with E-state index in [9.17, 15) is 0 Å². The summed E-state index contributed by atoms with van der Waals surface area (Å²) < 4.78 is 0. The summed E-state index contributed by atoms with van der Waals surface area (Å²) in [5.41, 5.74) is 4.97. The van der Waals surface area contributed by atoms with Crippen LogP contribution in [-0.2, 0) is 0 Å². The molecule has 1 heteroatoms. The number of rotatable bonds is 4. The lowest BCUT2D eigenvalue weighted by molar-refractivity contribution is 1.67. The van der Waals surface area contributed by atoms with Crippen molar-refractivity contribution >= 4 is 29.8 Å². The first kappa shape index (κ1) is 12.4. The normalized spacial score (nSPS) is 9.83. The van der Waals surface area contributed by atoms with Crippen LogP contribution in [-0.4, -0.2) is 6.71 Å². The average molecular weight is 232 g/mol. The third-order valence-electron chi connectivity index (χ3n) is 3.34. The summed E-state index contributed by atoms with van der Waals surface area (Å²) in [4.78, 5) is 0. The molecule has 0 nitrogen and oxygen atoms in total. The molecule has 0 N–H and O–H groups in total. The van der Waals surface area contributed by atoms with E-state index in [4.69, 9.17) is 0 Å². The first-order chi connectivity index (χ1) is 8.74. The van der Waals surface area contributed by atoms with Crippen molar-refractivity contribution in [1.82, 2.24) is 0 Å². The Bertz CT molecular complexity index is 483. The van der Waals surface area contributed by atoms with Crippen molar-refractivity contribution < 1.29 is 0 Å². The van der Waals surface area contributed by atoms with Crippen molar-refractivity contribution in [2.75, 3.05) is 0 Å². The summed E-state index contributed by atoms with van der Waals surface area (Å²) in [5.74, 6) is 0. The molecular formula is C17H17B. The summed E-state index contributed by atoms with van der Waals surface area (Å²) in [6, 6.07) is 17.1. The fourth-order valence-electron chi connectivity index (χ4n) is 2.03. The van der Waals surface area contributed by atoms with Crippen molar-refractivity contribution in [3.05, 3.63) is 72.8 Å². The predicted molar refractivity (Wildman–Crippen MR) is 84.0 cm³/mol. The largest absolute Gasteiger partial charge is 0.206 e. The van der Waals surface area contributed by atoms with E-state index >= 15 is 0 Å². The first-order valence-electron chi connectivity index (χ1n) is 6.19. The van der Waals surface area contributed by atoms with Crippen molar-refractivity contribution in [2.24, 2.45) is 0 Å². The van der Waals surface area contributed by atoms with E-state index in [1.54, 1.807) is 0 Å². The molecule has 0 atom stereocenters. The van der Waals surface area contributed by atoms with Crippen LogP contribution in [0.3, 0.4) is 0 Å². The van der Waals surface area contributed by atoms with Crippen LogP contribution in [0.4, 0.5) is 0 Å². The van der Waals surface area contributed by atoms with Gasteiger partial charge in [0.05, 0.1) is 0 Å². The maximum Gasteiger partial charge on any atom is 0.206 e. The number of hydrogen-bond donors (Lipinski definition) is 0. The Morgan fingerprint density at radius 3 is 1.33 bits per heavy atom. The zero-order valence-electron chi connectivity index (χ0n) is 10.8. The quantitative estimate of drug-likeness (QED) is 0.710. The molecule has 0 aromatic heterocycles.